The first-order valence-electron chi connectivity index (χ1n) is 5.21. The van der Waals surface area contributed by atoms with Crippen molar-refractivity contribution in [2.45, 2.75) is 0 Å². The Bertz CT molecular complexity index is 623. The summed E-state index contributed by atoms with van der Waals surface area (Å²) >= 11 is 0. The maximum atomic E-state index is 11.9. The molecule has 2 rings (SSSR count). The zero-order chi connectivity index (χ0) is 13.8. The Hall–Kier alpha value is -2.90. The van der Waals surface area contributed by atoms with E-state index in [9.17, 15) is 9.59 Å². The van der Waals surface area contributed by atoms with E-state index < -0.39 is 11.9 Å². The van der Waals surface area contributed by atoms with Gasteiger partial charge in [-0.2, -0.15) is 5.10 Å². The zero-order valence-electron chi connectivity index (χ0n) is 9.88. The number of carboxylic acids is 1. The Morgan fingerprint density at radius 1 is 1.47 bits per heavy atom. The van der Waals surface area contributed by atoms with Crippen LogP contribution in [-0.4, -0.2) is 39.3 Å². The lowest BCUT2D eigenvalue weighted by Crippen LogP contribution is -2.14. The second kappa shape index (κ2) is 5.17. The van der Waals surface area contributed by atoms with Gasteiger partial charge in [0.25, 0.3) is 5.91 Å². The second-order valence-electron chi connectivity index (χ2n) is 3.49. The SMILES string of the molecule is COc1ncccc1C(=O)Nc1cc(C(=O)O)[nH]n1. The highest BCUT2D eigenvalue weighted by Gasteiger charge is 2.15. The van der Waals surface area contributed by atoms with Gasteiger partial charge in [-0.15, -0.1) is 0 Å². The fourth-order valence-electron chi connectivity index (χ4n) is 1.41. The van der Waals surface area contributed by atoms with Crippen molar-refractivity contribution in [2.75, 3.05) is 12.4 Å². The Balaban J connectivity index is 2.18. The van der Waals surface area contributed by atoms with Crippen molar-refractivity contribution in [1.29, 1.82) is 0 Å². The number of hydrogen-bond donors (Lipinski definition) is 3. The van der Waals surface area contributed by atoms with E-state index in [-0.39, 0.29) is 23.0 Å². The molecule has 98 valence electrons. The van der Waals surface area contributed by atoms with Gasteiger partial charge in [-0.25, -0.2) is 9.78 Å². The number of ether oxygens (including phenoxy) is 1. The van der Waals surface area contributed by atoms with E-state index >= 15 is 0 Å². The lowest BCUT2D eigenvalue weighted by molar-refractivity contribution is 0.0690. The summed E-state index contributed by atoms with van der Waals surface area (Å²) in [5.74, 6) is -1.37. The molecule has 0 unspecified atom stereocenters. The van der Waals surface area contributed by atoms with Crippen molar-refractivity contribution in [2.24, 2.45) is 0 Å². The highest BCUT2D eigenvalue weighted by atomic mass is 16.5. The van der Waals surface area contributed by atoms with Crippen molar-refractivity contribution in [1.82, 2.24) is 15.2 Å². The number of hydrogen-bond acceptors (Lipinski definition) is 5. The smallest absolute Gasteiger partial charge is 0.353 e. The molecule has 8 heteroatoms. The second-order valence-corrected chi connectivity index (χ2v) is 3.49. The normalized spacial score (nSPS) is 9.95. The van der Waals surface area contributed by atoms with Gasteiger partial charge in [0.1, 0.15) is 11.3 Å². The summed E-state index contributed by atoms with van der Waals surface area (Å²) in [6, 6.07) is 4.33. The number of rotatable bonds is 4. The van der Waals surface area contributed by atoms with Crippen LogP contribution in [0.1, 0.15) is 20.8 Å². The molecule has 19 heavy (non-hydrogen) atoms. The van der Waals surface area contributed by atoms with Gasteiger partial charge in [-0.1, -0.05) is 0 Å². The summed E-state index contributed by atoms with van der Waals surface area (Å²) in [7, 11) is 1.40. The summed E-state index contributed by atoms with van der Waals surface area (Å²) in [5, 5.41) is 17.1. The molecule has 0 radical (unpaired) electrons. The lowest BCUT2D eigenvalue weighted by Gasteiger charge is -2.05. The van der Waals surface area contributed by atoms with E-state index in [0.29, 0.717) is 0 Å². The van der Waals surface area contributed by atoms with Crippen LogP contribution in [0.15, 0.2) is 24.4 Å². The number of aromatic amines is 1. The maximum Gasteiger partial charge on any atom is 0.353 e. The number of methoxy groups -OCH3 is 1. The standard InChI is InChI=1S/C11H10N4O4/c1-19-10-6(3-2-4-12-10)9(16)13-8-5-7(11(17)18)14-15-8/h2-5H,1H3,(H,17,18)(H2,13,14,15,16). The van der Waals surface area contributed by atoms with E-state index in [2.05, 4.69) is 20.5 Å². The molecule has 1 amide bonds. The van der Waals surface area contributed by atoms with E-state index in [0.717, 1.165) is 0 Å². The first kappa shape index (κ1) is 12.6. The van der Waals surface area contributed by atoms with Crippen LogP contribution >= 0.6 is 0 Å². The van der Waals surface area contributed by atoms with E-state index in [1.807, 2.05) is 0 Å². The van der Waals surface area contributed by atoms with Gasteiger partial charge in [0.15, 0.2) is 5.82 Å². The molecular formula is C11H10N4O4. The number of carbonyl (C=O) groups excluding carboxylic acids is 1. The number of aromatic carboxylic acids is 1. The molecule has 2 heterocycles. The van der Waals surface area contributed by atoms with Crippen molar-refractivity contribution in [3.05, 3.63) is 35.7 Å². The predicted molar refractivity (Wildman–Crippen MR) is 64.3 cm³/mol. The molecule has 0 aromatic carbocycles. The molecule has 0 saturated heterocycles. The highest BCUT2D eigenvalue weighted by Crippen LogP contribution is 2.15. The van der Waals surface area contributed by atoms with Gasteiger partial charge in [-0.05, 0) is 12.1 Å². The van der Waals surface area contributed by atoms with Gasteiger partial charge >= 0.3 is 5.97 Å². The molecule has 0 bridgehead atoms. The molecule has 2 aromatic rings. The number of anilines is 1. The first-order valence-corrected chi connectivity index (χ1v) is 5.21. The third kappa shape index (κ3) is 2.68. The van der Waals surface area contributed by atoms with Crippen LogP contribution in [0, 0.1) is 0 Å². The Morgan fingerprint density at radius 2 is 2.26 bits per heavy atom. The molecule has 0 aliphatic rings. The number of H-pyrrole nitrogens is 1. The number of pyridine rings is 1. The molecule has 8 nitrogen and oxygen atoms in total. The molecule has 0 atom stereocenters. The minimum atomic E-state index is -1.16. The van der Waals surface area contributed by atoms with Gasteiger partial charge < -0.3 is 15.2 Å². The minimum Gasteiger partial charge on any atom is -0.480 e. The molecule has 3 N–H and O–H groups in total. The molecule has 0 aliphatic heterocycles. The summed E-state index contributed by atoms with van der Waals surface area (Å²) in [5.41, 5.74) is 0.110. The summed E-state index contributed by atoms with van der Waals surface area (Å²) in [6.45, 7) is 0. The lowest BCUT2D eigenvalue weighted by atomic mass is 10.2. The third-order valence-corrected chi connectivity index (χ3v) is 2.26. The van der Waals surface area contributed by atoms with Gasteiger partial charge in [-0.3, -0.25) is 9.89 Å². The minimum absolute atomic E-state index is 0.105. The van der Waals surface area contributed by atoms with Crippen molar-refractivity contribution in [3.8, 4) is 5.88 Å². The van der Waals surface area contributed by atoms with E-state index in [1.54, 1.807) is 6.07 Å². The van der Waals surface area contributed by atoms with Crippen molar-refractivity contribution >= 4 is 17.7 Å². The number of carbonyl (C=O) groups is 2. The maximum absolute atomic E-state index is 11.9. The molecule has 0 saturated carbocycles. The molecule has 0 aliphatic carbocycles. The van der Waals surface area contributed by atoms with Crippen LogP contribution in [-0.2, 0) is 0 Å². The number of nitrogens with zero attached hydrogens (tertiary/aromatic N) is 2. The third-order valence-electron chi connectivity index (χ3n) is 2.26. The van der Waals surface area contributed by atoms with Crippen molar-refractivity contribution < 1.29 is 19.4 Å². The average Bonchev–Trinajstić information content (AvgIpc) is 2.87. The van der Waals surface area contributed by atoms with Crippen LogP contribution in [0.25, 0.3) is 0 Å². The largest absolute Gasteiger partial charge is 0.480 e. The number of amides is 1. The van der Waals surface area contributed by atoms with Crippen LogP contribution in [0.5, 0.6) is 5.88 Å². The Kier molecular flexibility index (Phi) is 3.42. The van der Waals surface area contributed by atoms with Crippen LogP contribution < -0.4 is 10.1 Å². The van der Waals surface area contributed by atoms with Crippen LogP contribution in [0.3, 0.4) is 0 Å². The topological polar surface area (TPSA) is 117 Å². The number of nitrogens with one attached hydrogen (secondary N) is 2. The van der Waals surface area contributed by atoms with Crippen LogP contribution in [0.4, 0.5) is 5.82 Å². The molecule has 2 aromatic heterocycles. The van der Waals surface area contributed by atoms with E-state index in [1.165, 1.54) is 25.4 Å². The Morgan fingerprint density at radius 3 is 2.89 bits per heavy atom. The Labute approximate surface area is 107 Å². The summed E-state index contributed by atoms with van der Waals surface area (Å²) < 4.78 is 4.95. The fraction of sp³-hybridized carbons (Fsp3) is 0.0909. The quantitative estimate of drug-likeness (QED) is 0.748. The average molecular weight is 262 g/mol. The number of aromatic nitrogens is 3. The zero-order valence-corrected chi connectivity index (χ0v) is 9.88. The molecule has 0 spiro atoms. The fourth-order valence-corrected chi connectivity index (χ4v) is 1.41. The summed E-state index contributed by atoms with van der Waals surface area (Å²) in [4.78, 5) is 26.5. The highest BCUT2D eigenvalue weighted by molar-refractivity contribution is 6.05. The molecular weight excluding hydrogens is 252 g/mol. The number of carboxylic acid groups (broad SMARTS) is 1. The molecule has 0 fully saturated rings. The first-order chi connectivity index (χ1) is 9.11. The van der Waals surface area contributed by atoms with E-state index in [4.69, 9.17) is 9.84 Å². The summed E-state index contributed by atoms with van der Waals surface area (Å²) in [6.07, 6.45) is 1.49. The van der Waals surface area contributed by atoms with Crippen LogP contribution in [0.2, 0.25) is 0 Å². The van der Waals surface area contributed by atoms with Gasteiger partial charge in [0.2, 0.25) is 5.88 Å². The monoisotopic (exact) mass is 262 g/mol. The van der Waals surface area contributed by atoms with Gasteiger partial charge in [0.05, 0.1) is 7.11 Å². The predicted octanol–water partition coefficient (Wildman–Crippen LogP) is 0.764. The van der Waals surface area contributed by atoms with Gasteiger partial charge in [0, 0.05) is 12.3 Å². The van der Waals surface area contributed by atoms with Crippen molar-refractivity contribution in [3.63, 3.8) is 0 Å².